The maximum atomic E-state index is 13.0. The number of likely N-dealkylation sites (N-methyl/N-ethyl adjacent to an activating group) is 1. The average molecular weight is 251 g/mol. The van der Waals surface area contributed by atoms with Gasteiger partial charge in [-0.2, -0.15) is 13.2 Å². The van der Waals surface area contributed by atoms with Crippen LogP contribution in [0.15, 0.2) is 18.2 Å². The molecule has 6 heteroatoms. The Kier molecular flexibility index (Phi) is 3.78. The van der Waals surface area contributed by atoms with Crippen molar-refractivity contribution in [3.8, 4) is 0 Å². The molecule has 0 aromatic heterocycles. The summed E-state index contributed by atoms with van der Waals surface area (Å²) in [6, 6.07) is 2.48. The van der Waals surface area contributed by atoms with Crippen LogP contribution in [0.3, 0.4) is 0 Å². The van der Waals surface area contributed by atoms with Crippen molar-refractivity contribution < 1.29 is 22.7 Å². The van der Waals surface area contributed by atoms with E-state index in [0.717, 1.165) is 6.07 Å². The first-order chi connectivity index (χ1) is 7.68. The predicted molar refractivity (Wildman–Crippen MR) is 54.9 cm³/mol. The third-order valence-electron chi connectivity index (χ3n) is 2.41. The first-order valence-corrected chi connectivity index (χ1v) is 4.92. The van der Waals surface area contributed by atoms with E-state index in [1.807, 2.05) is 0 Å². The Balaban J connectivity index is 3.22. The Morgan fingerprint density at radius 1 is 1.29 bits per heavy atom. The number of hydrogen-bond donors (Lipinski definition) is 2. The molecule has 0 radical (unpaired) electrons. The van der Waals surface area contributed by atoms with Crippen LogP contribution in [0, 0.1) is 5.82 Å². The fourth-order valence-corrected chi connectivity index (χ4v) is 1.52. The Morgan fingerprint density at radius 3 is 2.35 bits per heavy atom. The number of benzene rings is 1. The molecule has 0 aliphatic rings. The molecule has 0 amide bonds. The van der Waals surface area contributed by atoms with Gasteiger partial charge in [-0.1, -0.05) is 6.07 Å². The summed E-state index contributed by atoms with van der Waals surface area (Å²) in [5, 5.41) is 12.6. The molecule has 0 aliphatic carbocycles. The summed E-state index contributed by atoms with van der Waals surface area (Å²) < 4.78 is 50.4. The number of alkyl halides is 3. The van der Waals surface area contributed by atoms with Gasteiger partial charge in [0.05, 0.1) is 11.2 Å². The fourth-order valence-electron chi connectivity index (χ4n) is 1.52. The molecule has 2 nitrogen and oxygen atoms in total. The molecule has 1 atom stereocenters. The van der Waals surface area contributed by atoms with Crippen molar-refractivity contribution in [2.45, 2.75) is 18.7 Å². The van der Waals surface area contributed by atoms with Crippen molar-refractivity contribution in [1.82, 2.24) is 5.32 Å². The molecule has 0 saturated carbocycles. The highest BCUT2D eigenvalue weighted by Gasteiger charge is 2.35. The van der Waals surface area contributed by atoms with Gasteiger partial charge in [0.25, 0.3) is 0 Å². The molecule has 17 heavy (non-hydrogen) atoms. The second-order valence-corrected chi connectivity index (χ2v) is 4.00. The Morgan fingerprint density at radius 2 is 1.88 bits per heavy atom. The zero-order chi connectivity index (χ0) is 13.3. The zero-order valence-corrected chi connectivity index (χ0v) is 9.40. The molecule has 0 spiro atoms. The first kappa shape index (κ1) is 13.9. The maximum absolute atomic E-state index is 13.0. The van der Waals surface area contributed by atoms with Gasteiger partial charge in [-0.15, -0.1) is 0 Å². The molecule has 0 heterocycles. The van der Waals surface area contributed by atoms with Gasteiger partial charge in [0, 0.05) is 6.54 Å². The standard InChI is InChI=1S/C11H13F4NO/c1-10(17,6-16-2)7-3-4-9(12)8(5-7)11(13,14)15/h3-5,16-17H,6H2,1-2H3. The van der Waals surface area contributed by atoms with Crippen LogP contribution in [-0.4, -0.2) is 18.7 Å². The maximum Gasteiger partial charge on any atom is 0.419 e. The van der Waals surface area contributed by atoms with Gasteiger partial charge in [-0.3, -0.25) is 0 Å². The molecule has 1 unspecified atom stereocenters. The number of aliphatic hydroxyl groups is 1. The summed E-state index contributed by atoms with van der Waals surface area (Å²) in [5.41, 5.74) is -2.84. The van der Waals surface area contributed by atoms with Crippen LogP contribution in [0.25, 0.3) is 0 Å². The third-order valence-corrected chi connectivity index (χ3v) is 2.41. The van der Waals surface area contributed by atoms with Gasteiger partial charge in [-0.25, -0.2) is 4.39 Å². The SMILES string of the molecule is CNCC(C)(O)c1ccc(F)c(C(F)(F)F)c1. The lowest BCUT2D eigenvalue weighted by Crippen LogP contribution is -2.33. The van der Waals surface area contributed by atoms with E-state index in [1.165, 1.54) is 6.92 Å². The Bertz CT molecular complexity index is 401. The van der Waals surface area contributed by atoms with Crippen LogP contribution >= 0.6 is 0 Å². The van der Waals surface area contributed by atoms with E-state index in [1.54, 1.807) is 7.05 Å². The lowest BCUT2D eigenvalue weighted by atomic mass is 9.94. The van der Waals surface area contributed by atoms with Crippen LogP contribution in [0.4, 0.5) is 17.6 Å². The number of nitrogens with one attached hydrogen (secondary N) is 1. The Hall–Kier alpha value is -1.14. The molecule has 0 saturated heterocycles. The molecule has 0 aliphatic heterocycles. The molecular formula is C11H13F4NO. The molecule has 2 N–H and O–H groups in total. The van der Waals surface area contributed by atoms with Gasteiger partial charge >= 0.3 is 6.18 Å². The van der Waals surface area contributed by atoms with Gasteiger partial charge in [0.15, 0.2) is 0 Å². The van der Waals surface area contributed by atoms with Crippen molar-refractivity contribution in [3.63, 3.8) is 0 Å². The van der Waals surface area contributed by atoms with Crippen LogP contribution in [-0.2, 0) is 11.8 Å². The minimum Gasteiger partial charge on any atom is -0.384 e. The molecule has 0 fully saturated rings. The van der Waals surface area contributed by atoms with E-state index in [0.29, 0.717) is 12.1 Å². The summed E-state index contributed by atoms with van der Waals surface area (Å²) in [5.74, 6) is -1.35. The third kappa shape index (κ3) is 3.17. The number of hydrogen-bond acceptors (Lipinski definition) is 2. The monoisotopic (exact) mass is 251 g/mol. The highest BCUT2D eigenvalue weighted by molar-refractivity contribution is 5.31. The Labute approximate surface area is 96.3 Å². The van der Waals surface area contributed by atoms with Crippen LogP contribution < -0.4 is 5.32 Å². The quantitative estimate of drug-likeness (QED) is 0.808. The van der Waals surface area contributed by atoms with E-state index in [9.17, 15) is 22.7 Å². The van der Waals surface area contributed by atoms with Gasteiger partial charge in [0.1, 0.15) is 5.82 Å². The molecule has 96 valence electrons. The van der Waals surface area contributed by atoms with E-state index in [4.69, 9.17) is 0 Å². The highest BCUT2D eigenvalue weighted by Crippen LogP contribution is 2.33. The van der Waals surface area contributed by atoms with E-state index >= 15 is 0 Å². The van der Waals surface area contributed by atoms with Crippen LogP contribution in [0.2, 0.25) is 0 Å². The largest absolute Gasteiger partial charge is 0.419 e. The van der Waals surface area contributed by atoms with Gasteiger partial charge in [0.2, 0.25) is 0 Å². The molecule has 1 rings (SSSR count). The normalized spacial score (nSPS) is 15.7. The van der Waals surface area contributed by atoms with Crippen molar-refractivity contribution in [2.75, 3.05) is 13.6 Å². The van der Waals surface area contributed by atoms with Crippen molar-refractivity contribution in [3.05, 3.63) is 35.1 Å². The average Bonchev–Trinajstić information content (AvgIpc) is 2.15. The summed E-state index contributed by atoms with van der Waals surface area (Å²) in [6.45, 7) is 1.42. The molecule has 1 aromatic rings. The minimum atomic E-state index is -4.77. The second-order valence-electron chi connectivity index (χ2n) is 4.00. The number of halogens is 4. The van der Waals surface area contributed by atoms with Gasteiger partial charge in [-0.05, 0) is 31.7 Å². The second kappa shape index (κ2) is 4.62. The molecular weight excluding hydrogens is 238 g/mol. The predicted octanol–water partition coefficient (Wildman–Crippen LogP) is 2.27. The topological polar surface area (TPSA) is 32.3 Å². The smallest absolute Gasteiger partial charge is 0.384 e. The summed E-state index contributed by atoms with van der Waals surface area (Å²) in [7, 11) is 1.56. The fraction of sp³-hybridized carbons (Fsp3) is 0.455. The van der Waals surface area contributed by atoms with E-state index < -0.39 is 23.2 Å². The lowest BCUT2D eigenvalue weighted by molar-refractivity contribution is -0.140. The van der Waals surface area contributed by atoms with E-state index in [-0.39, 0.29) is 12.1 Å². The summed E-state index contributed by atoms with van der Waals surface area (Å²) in [6.07, 6.45) is -4.77. The van der Waals surface area contributed by atoms with E-state index in [2.05, 4.69) is 5.32 Å². The molecule has 1 aromatic carbocycles. The van der Waals surface area contributed by atoms with Crippen molar-refractivity contribution in [2.24, 2.45) is 0 Å². The number of rotatable bonds is 3. The highest BCUT2D eigenvalue weighted by atomic mass is 19.4. The summed E-state index contributed by atoms with van der Waals surface area (Å²) in [4.78, 5) is 0. The van der Waals surface area contributed by atoms with Crippen LogP contribution in [0.5, 0.6) is 0 Å². The van der Waals surface area contributed by atoms with Crippen molar-refractivity contribution >= 4 is 0 Å². The van der Waals surface area contributed by atoms with Crippen LogP contribution in [0.1, 0.15) is 18.1 Å². The lowest BCUT2D eigenvalue weighted by Gasteiger charge is -2.24. The zero-order valence-electron chi connectivity index (χ0n) is 9.40. The van der Waals surface area contributed by atoms with Gasteiger partial charge < -0.3 is 10.4 Å². The van der Waals surface area contributed by atoms with Crippen molar-refractivity contribution in [1.29, 1.82) is 0 Å². The first-order valence-electron chi connectivity index (χ1n) is 4.92. The minimum absolute atomic E-state index is 0.0144. The molecule has 0 bridgehead atoms. The summed E-state index contributed by atoms with van der Waals surface area (Å²) >= 11 is 0.